The Morgan fingerprint density at radius 3 is 2.53 bits per heavy atom. The molecule has 1 rings (SSSR count). The van der Waals surface area contributed by atoms with Gasteiger partial charge in [-0.15, -0.1) is 0 Å². The molecule has 0 amide bonds. The number of nitrogens with zero attached hydrogens (tertiary/aromatic N) is 1. The van der Waals surface area contributed by atoms with Crippen molar-refractivity contribution in [1.29, 1.82) is 0 Å². The summed E-state index contributed by atoms with van der Waals surface area (Å²) >= 11 is 0. The molecule has 0 aromatic heterocycles. The summed E-state index contributed by atoms with van der Waals surface area (Å²) in [5, 5.41) is 9.06. The standard InChI is InChI=1S/C14H24N2O/c1-11(2)16(6-7-17)10-14-5-4-13(9-15)8-12(14)3/h4-5,8,11,17H,6-7,9-10,15H2,1-3H3. The zero-order valence-corrected chi connectivity index (χ0v) is 11.1. The first-order chi connectivity index (χ1) is 8.08. The Hall–Kier alpha value is -0.900. The third kappa shape index (κ3) is 4.11. The van der Waals surface area contributed by atoms with Crippen molar-refractivity contribution in [3.05, 3.63) is 34.9 Å². The first-order valence-electron chi connectivity index (χ1n) is 6.21. The Morgan fingerprint density at radius 1 is 1.35 bits per heavy atom. The van der Waals surface area contributed by atoms with Crippen LogP contribution >= 0.6 is 0 Å². The van der Waals surface area contributed by atoms with Crippen molar-refractivity contribution in [2.75, 3.05) is 13.2 Å². The van der Waals surface area contributed by atoms with Gasteiger partial charge in [-0.2, -0.15) is 0 Å². The van der Waals surface area contributed by atoms with Gasteiger partial charge in [-0.1, -0.05) is 18.2 Å². The van der Waals surface area contributed by atoms with Gasteiger partial charge in [0.1, 0.15) is 0 Å². The van der Waals surface area contributed by atoms with Gasteiger partial charge in [0.2, 0.25) is 0 Å². The van der Waals surface area contributed by atoms with Gasteiger partial charge in [-0.05, 0) is 37.5 Å². The molecule has 0 spiro atoms. The van der Waals surface area contributed by atoms with Crippen LogP contribution in [0.2, 0.25) is 0 Å². The van der Waals surface area contributed by atoms with E-state index in [0.717, 1.165) is 13.1 Å². The molecule has 0 unspecified atom stereocenters. The largest absolute Gasteiger partial charge is 0.395 e. The molecule has 3 nitrogen and oxygen atoms in total. The second-order valence-electron chi connectivity index (χ2n) is 4.75. The summed E-state index contributed by atoms with van der Waals surface area (Å²) in [4.78, 5) is 2.27. The van der Waals surface area contributed by atoms with E-state index in [9.17, 15) is 0 Å². The molecule has 0 aliphatic rings. The quantitative estimate of drug-likeness (QED) is 0.789. The number of aliphatic hydroxyl groups is 1. The molecule has 0 atom stereocenters. The Kier molecular flexibility index (Phi) is 5.62. The monoisotopic (exact) mass is 236 g/mol. The van der Waals surface area contributed by atoms with Crippen molar-refractivity contribution in [2.45, 2.75) is 39.9 Å². The third-order valence-corrected chi connectivity index (χ3v) is 3.13. The maximum absolute atomic E-state index is 9.06. The van der Waals surface area contributed by atoms with Crippen molar-refractivity contribution < 1.29 is 5.11 Å². The summed E-state index contributed by atoms with van der Waals surface area (Å²) in [5.74, 6) is 0. The number of hydrogen-bond donors (Lipinski definition) is 2. The highest BCUT2D eigenvalue weighted by molar-refractivity contribution is 5.31. The summed E-state index contributed by atoms with van der Waals surface area (Å²) in [6.07, 6.45) is 0. The van der Waals surface area contributed by atoms with Crippen LogP contribution in [0.4, 0.5) is 0 Å². The second-order valence-corrected chi connectivity index (χ2v) is 4.75. The predicted molar refractivity (Wildman–Crippen MR) is 71.7 cm³/mol. The van der Waals surface area contributed by atoms with E-state index in [0.29, 0.717) is 12.6 Å². The van der Waals surface area contributed by atoms with Crippen molar-refractivity contribution in [3.8, 4) is 0 Å². The van der Waals surface area contributed by atoms with Crippen molar-refractivity contribution in [3.63, 3.8) is 0 Å². The normalized spacial score (nSPS) is 11.5. The highest BCUT2D eigenvalue weighted by atomic mass is 16.3. The molecule has 0 saturated heterocycles. The van der Waals surface area contributed by atoms with Gasteiger partial charge in [0, 0.05) is 25.7 Å². The SMILES string of the molecule is Cc1cc(CN)ccc1CN(CCO)C(C)C. The Morgan fingerprint density at radius 2 is 2.06 bits per heavy atom. The lowest BCUT2D eigenvalue weighted by Crippen LogP contribution is -2.33. The fraction of sp³-hybridized carbons (Fsp3) is 0.571. The van der Waals surface area contributed by atoms with Crippen LogP contribution in [0.15, 0.2) is 18.2 Å². The van der Waals surface area contributed by atoms with Crippen LogP contribution in [0.1, 0.15) is 30.5 Å². The second kappa shape index (κ2) is 6.74. The first kappa shape index (κ1) is 14.2. The molecular weight excluding hydrogens is 212 g/mol. The Bertz CT molecular complexity index is 350. The molecule has 17 heavy (non-hydrogen) atoms. The van der Waals surface area contributed by atoms with E-state index >= 15 is 0 Å². The van der Waals surface area contributed by atoms with Crippen LogP contribution in [0.25, 0.3) is 0 Å². The Balaban J connectivity index is 2.78. The molecular formula is C14H24N2O. The van der Waals surface area contributed by atoms with E-state index in [-0.39, 0.29) is 6.61 Å². The molecule has 0 aliphatic carbocycles. The van der Waals surface area contributed by atoms with Crippen molar-refractivity contribution >= 4 is 0 Å². The lowest BCUT2D eigenvalue weighted by molar-refractivity contribution is 0.159. The van der Waals surface area contributed by atoms with Gasteiger partial charge in [0.05, 0.1) is 6.61 Å². The van der Waals surface area contributed by atoms with Gasteiger partial charge < -0.3 is 10.8 Å². The molecule has 0 heterocycles. The van der Waals surface area contributed by atoms with Crippen molar-refractivity contribution in [1.82, 2.24) is 4.90 Å². The highest BCUT2D eigenvalue weighted by Crippen LogP contribution is 2.14. The maximum atomic E-state index is 9.06. The third-order valence-electron chi connectivity index (χ3n) is 3.13. The van der Waals surface area contributed by atoms with Crippen molar-refractivity contribution in [2.24, 2.45) is 5.73 Å². The Labute approximate surface area is 104 Å². The van der Waals surface area contributed by atoms with E-state index in [1.54, 1.807) is 0 Å². The number of aryl methyl sites for hydroxylation is 1. The molecule has 0 radical (unpaired) electrons. The fourth-order valence-electron chi connectivity index (χ4n) is 1.93. The van der Waals surface area contributed by atoms with Crippen LogP contribution < -0.4 is 5.73 Å². The average Bonchev–Trinajstić information content (AvgIpc) is 2.30. The molecule has 1 aromatic rings. The zero-order valence-electron chi connectivity index (χ0n) is 11.1. The molecule has 0 bridgehead atoms. The van der Waals surface area contributed by atoms with E-state index in [2.05, 4.69) is 43.9 Å². The minimum Gasteiger partial charge on any atom is -0.395 e. The first-order valence-corrected chi connectivity index (χ1v) is 6.21. The number of rotatable bonds is 6. The summed E-state index contributed by atoms with van der Waals surface area (Å²) < 4.78 is 0. The van der Waals surface area contributed by atoms with Crippen LogP contribution in [-0.4, -0.2) is 29.2 Å². The molecule has 96 valence electrons. The minimum absolute atomic E-state index is 0.206. The lowest BCUT2D eigenvalue weighted by Gasteiger charge is -2.26. The van der Waals surface area contributed by atoms with Crippen LogP contribution in [0.3, 0.4) is 0 Å². The van der Waals surface area contributed by atoms with Crippen LogP contribution in [-0.2, 0) is 13.1 Å². The molecule has 0 aliphatic heterocycles. The van der Waals surface area contributed by atoms with E-state index in [1.165, 1.54) is 16.7 Å². The summed E-state index contributed by atoms with van der Waals surface area (Å²) in [6, 6.07) is 6.81. The van der Waals surface area contributed by atoms with Gasteiger partial charge in [0.15, 0.2) is 0 Å². The number of benzene rings is 1. The van der Waals surface area contributed by atoms with Gasteiger partial charge in [-0.25, -0.2) is 0 Å². The molecule has 1 aromatic carbocycles. The topological polar surface area (TPSA) is 49.5 Å². The van der Waals surface area contributed by atoms with Gasteiger partial charge in [0.25, 0.3) is 0 Å². The van der Waals surface area contributed by atoms with E-state index < -0.39 is 0 Å². The number of hydrogen-bond acceptors (Lipinski definition) is 3. The molecule has 0 saturated carbocycles. The lowest BCUT2D eigenvalue weighted by atomic mass is 10.0. The van der Waals surface area contributed by atoms with Crippen LogP contribution in [0, 0.1) is 6.92 Å². The van der Waals surface area contributed by atoms with Gasteiger partial charge >= 0.3 is 0 Å². The minimum atomic E-state index is 0.206. The molecule has 3 heteroatoms. The number of aliphatic hydroxyl groups excluding tert-OH is 1. The summed E-state index contributed by atoms with van der Waals surface area (Å²) in [7, 11) is 0. The maximum Gasteiger partial charge on any atom is 0.0558 e. The highest BCUT2D eigenvalue weighted by Gasteiger charge is 2.10. The smallest absolute Gasteiger partial charge is 0.0558 e. The summed E-state index contributed by atoms with van der Waals surface area (Å²) in [5.41, 5.74) is 9.38. The van der Waals surface area contributed by atoms with Crippen LogP contribution in [0.5, 0.6) is 0 Å². The average molecular weight is 236 g/mol. The fourth-order valence-corrected chi connectivity index (χ4v) is 1.93. The van der Waals surface area contributed by atoms with E-state index in [1.807, 2.05) is 0 Å². The zero-order chi connectivity index (χ0) is 12.8. The van der Waals surface area contributed by atoms with E-state index in [4.69, 9.17) is 10.8 Å². The summed E-state index contributed by atoms with van der Waals surface area (Å²) in [6.45, 7) is 8.82. The molecule has 0 fully saturated rings. The predicted octanol–water partition coefficient (Wildman–Crippen LogP) is 1.66. The van der Waals surface area contributed by atoms with Gasteiger partial charge in [-0.3, -0.25) is 4.90 Å². The number of nitrogens with two attached hydrogens (primary N) is 1. The molecule has 3 N–H and O–H groups in total.